The molecule has 120 valence electrons. The van der Waals surface area contributed by atoms with E-state index in [1.165, 1.54) is 18.5 Å². The predicted molar refractivity (Wildman–Crippen MR) is 86.5 cm³/mol. The molecule has 1 atom stereocenters. The molecule has 4 aliphatic rings. The number of rotatable bonds is 2. The van der Waals surface area contributed by atoms with E-state index in [-0.39, 0.29) is 6.10 Å². The Kier molecular flexibility index (Phi) is 3.10. The van der Waals surface area contributed by atoms with Crippen LogP contribution in [0.3, 0.4) is 0 Å². The summed E-state index contributed by atoms with van der Waals surface area (Å²) in [6.07, 6.45) is 6.52. The van der Waals surface area contributed by atoms with Crippen molar-refractivity contribution in [2.75, 3.05) is 19.7 Å². The van der Waals surface area contributed by atoms with Crippen LogP contribution in [-0.2, 0) is 4.74 Å². The molecule has 0 bridgehead atoms. The van der Waals surface area contributed by atoms with E-state index in [1.807, 2.05) is 12.2 Å². The minimum absolute atomic E-state index is 0.0251. The Morgan fingerprint density at radius 3 is 3.09 bits per heavy atom. The Morgan fingerprint density at radius 2 is 2.17 bits per heavy atom. The van der Waals surface area contributed by atoms with Crippen LogP contribution < -0.4 is 11.1 Å². The Labute approximate surface area is 137 Å². The third kappa shape index (κ3) is 2.50. The molecule has 1 aliphatic carbocycles. The number of thiazole rings is 1. The first-order valence-electron chi connectivity index (χ1n) is 7.84. The Hall–Kier alpha value is -1.97. The molecule has 8 nitrogen and oxygen atoms in total. The van der Waals surface area contributed by atoms with Gasteiger partial charge in [-0.15, -0.1) is 27.1 Å². The van der Waals surface area contributed by atoms with Crippen molar-refractivity contribution in [1.29, 1.82) is 0 Å². The van der Waals surface area contributed by atoms with Gasteiger partial charge in [-0.05, 0) is 25.0 Å². The average Bonchev–Trinajstić information content (AvgIpc) is 3.14. The SMILES string of the molecule is C1=CC2=NNNN2N=C1N1CCOC(c2nc(C3CC3)cs2)C1. The summed E-state index contributed by atoms with van der Waals surface area (Å²) in [6, 6.07) is 0. The van der Waals surface area contributed by atoms with E-state index in [9.17, 15) is 0 Å². The lowest BCUT2D eigenvalue weighted by Crippen LogP contribution is -2.46. The number of hydrogen-bond acceptors (Lipinski definition) is 9. The van der Waals surface area contributed by atoms with Crippen LogP contribution in [-0.4, -0.2) is 46.4 Å². The van der Waals surface area contributed by atoms with Crippen molar-refractivity contribution >= 4 is 23.0 Å². The monoisotopic (exact) mass is 331 g/mol. The minimum Gasteiger partial charge on any atom is -0.367 e. The van der Waals surface area contributed by atoms with Gasteiger partial charge < -0.3 is 9.64 Å². The van der Waals surface area contributed by atoms with Crippen molar-refractivity contribution in [1.82, 2.24) is 26.1 Å². The lowest BCUT2D eigenvalue weighted by Gasteiger charge is -2.34. The molecule has 5 rings (SSSR count). The second kappa shape index (κ2) is 5.29. The molecule has 0 radical (unpaired) electrons. The van der Waals surface area contributed by atoms with Crippen molar-refractivity contribution in [3.8, 4) is 0 Å². The Balaban J connectivity index is 1.32. The average molecular weight is 331 g/mol. The van der Waals surface area contributed by atoms with Crippen molar-refractivity contribution in [2.24, 2.45) is 10.2 Å². The fourth-order valence-electron chi connectivity index (χ4n) is 2.89. The molecule has 1 saturated heterocycles. The molecule has 0 spiro atoms. The van der Waals surface area contributed by atoms with Crippen molar-refractivity contribution in [3.05, 3.63) is 28.2 Å². The number of fused-ring (bicyclic) bond motifs is 1. The molecule has 0 amide bonds. The fraction of sp³-hybridized carbons (Fsp3) is 0.500. The summed E-state index contributed by atoms with van der Waals surface area (Å²) in [6.45, 7) is 2.28. The van der Waals surface area contributed by atoms with Gasteiger partial charge in [-0.25, -0.2) is 10.5 Å². The van der Waals surface area contributed by atoms with Crippen molar-refractivity contribution in [3.63, 3.8) is 0 Å². The van der Waals surface area contributed by atoms with Gasteiger partial charge in [0.2, 0.25) is 0 Å². The molecule has 3 aliphatic heterocycles. The molecular weight excluding hydrogens is 314 g/mol. The molecule has 0 aromatic carbocycles. The molecule has 23 heavy (non-hydrogen) atoms. The topological polar surface area (TPSA) is 77.4 Å². The van der Waals surface area contributed by atoms with Crippen LogP contribution >= 0.6 is 11.3 Å². The van der Waals surface area contributed by atoms with E-state index in [1.54, 1.807) is 16.5 Å². The summed E-state index contributed by atoms with van der Waals surface area (Å²) >= 11 is 1.72. The van der Waals surface area contributed by atoms with Crippen LogP contribution in [0.1, 0.15) is 35.6 Å². The number of hydrogen-bond donors (Lipinski definition) is 2. The molecule has 1 saturated carbocycles. The van der Waals surface area contributed by atoms with E-state index in [0.717, 1.165) is 29.8 Å². The highest BCUT2D eigenvalue weighted by Crippen LogP contribution is 2.41. The number of hydrazone groups is 2. The lowest BCUT2D eigenvalue weighted by molar-refractivity contribution is -0.00728. The predicted octanol–water partition coefficient (Wildman–Crippen LogP) is 0.915. The highest BCUT2D eigenvalue weighted by Gasteiger charge is 2.31. The van der Waals surface area contributed by atoms with Crippen LogP contribution in [0.5, 0.6) is 0 Å². The molecular formula is C14H17N7OS. The first kappa shape index (κ1) is 13.5. The van der Waals surface area contributed by atoms with E-state index < -0.39 is 0 Å². The third-order valence-electron chi connectivity index (χ3n) is 4.33. The summed E-state index contributed by atoms with van der Waals surface area (Å²) in [7, 11) is 0. The maximum Gasteiger partial charge on any atom is 0.189 e. The highest BCUT2D eigenvalue weighted by atomic mass is 32.1. The van der Waals surface area contributed by atoms with Gasteiger partial charge in [-0.1, -0.05) is 0 Å². The van der Waals surface area contributed by atoms with Gasteiger partial charge in [-0.3, -0.25) is 0 Å². The second-order valence-corrected chi connectivity index (χ2v) is 6.88. The zero-order chi connectivity index (χ0) is 15.2. The second-order valence-electron chi connectivity index (χ2n) is 5.99. The first-order chi connectivity index (χ1) is 11.4. The molecule has 2 fully saturated rings. The molecule has 4 heterocycles. The molecule has 1 unspecified atom stereocenters. The fourth-order valence-corrected chi connectivity index (χ4v) is 3.83. The summed E-state index contributed by atoms with van der Waals surface area (Å²) < 4.78 is 5.95. The van der Waals surface area contributed by atoms with Gasteiger partial charge in [0.1, 0.15) is 11.1 Å². The first-order valence-corrected chi connectivity index (χ1v) is 8.72. The summed E-state index contributed by atoms with van der Waals surface area (Å²) in [5.41, 5.74) is 6.81. The van der Waals surface area contributed by atoms with E-state index in [0.29, 0.717) is 12.5 Å². The normalized spacial score (nSPS) is 26.7. The number of amidine groups is 2. The summed E-state index contributed by atoms with van der Waals surface area (Å²) in [5.74, 6) is 2.36. The van der Waals surface area contributed by atoms with Gasteiger partial charge in [-0.2, -0.15) is 5.12 Å². The van der Waals surface area contributed by atoms with Crippen LogP contribution in [0.4, 0.5) is 0 Å². The number of aromatic nitrogens is 1. The summed E-state index contributed by atoms with van der Waals surface area (Å²) in [5, 5.41) is 13.5. The molecule has 9 heteroatoms. The summed E-state index contributed by atoms with van der Waals surface area (Å²) in [4.78, 5) is 7.02. The molecule has 1 aromatic heterocycles. The lowest BCUT2D eigenvalue weighted by atomic mass is 10.2. The van der Waals surface area contributed by atoms with Crippen LogP contribution in [0, 0.1) is 0 Å². The molecule has 1 aromatic rings. The van der Waals surface area contributed by atoms with Crippen LogP contribution in [0.25, 0.3) is 0 Å². The van der Waals surface area contributed by atoms with Crippen molar-refractivity contribution < 1.29 is 4.74 Å². The number of ether oxygens (including phenoxy) is 1. The zero-order valence-corrected chi connectivity index (χ0v) is 13.3. The van der Waals surface area contributed by atoms with E-state index in [2.05, 4.69) is 31.6 Å². The van der Waals surface area contributed by atoms with Crippen molar-refractivity contribution in [2.45, 2.75) is 24.9 Å². The third-order valence-corrected chi connectivity index (χ3v) is 5.28. The van der Waals surface area contributed by atoms with Gasteiger partial charge in [0.05, 0.1) is 18.8 Å². The van der Waals surface area contributed by atoms with E-state index in [4.69, 9.17) is 9.72 Å². The number of morpholine rings is 1. The zero-order valence-electron chi connectivity index (χ0n) is 12.5. The smallest absolute Gasteiger partial charge is 0.189 e. The quantitative estimate of drug-likeness (QED) is 0.839. The number of nitrogens with one attached hydrogen (secondary N) is 2. The van der Waals surface area contributed by atoms with Crippen LogP contribution in [0.2, 0.25) is 0 Å². The highest BCUT2D eigenvalue weighted by molar-refractivity contribution is 7.09. The number of nitrogens with zero attached hydrogens (tertiary/aromatic N) is 5. The van der Waals surface area contributed by atoms with Gasteiger partial charge >= 0.3 is 0 Å². The van der Waals surface area contributed by atoms with E-state index >= 15 is 0 Å². The van der Waals surface area contributed by atoms with Gasteiger partial charge in [0.15, 0.2) is 11.7 Å². The van der Waals surface area contributed by atoms with Crippen LogP contribution in [0.15, 0.2) is 27.7 Å². The molecule has 2 N–H and O–H groups in total. The number of hydrazine groups is 2. The maximum absolute atomic E-state index is 5.95. The standard InChI is InChI=1S/C14H17N7OS/c1-2-9(1)10-8-23-14(15-10)11-7-20(5-6-22-11)13-4-3-12-16-18-19-21(12)17-13/h3-4,8-9,11,18-19H,1-2,5-7H2. The minimum atomic E-state index is 0.0251. The van der Waals surface area contributed by atoms with Gasteiger partial charge in [0.25, 0.3) is 0 Å². The Bertz CT molecular complexity index is 708. The largest absolute Gasteiger partial charge is 0.367 e. The van der Waals surface area contributed by atoms with Gasteiger partial charge in [0, 0.05) is 17.8 Å². The maximum atomic E-state index is 5.95. The Morgan fingerprint density at radius 1 is 1.26 bits per heavy atom.